The predicted octanol–water partition coefficient (Wildman–Crippen LogP) is 1.09. The summed E-state index contributed by atoms with van der Waals surface area (Å²) in [4.78, 5) is 29.1. The van der Waals surface area contributed by atoms with Crippen LogP contribution in [0.1, 0.15) is 26.2 Å². The number of nitrogens with zero attached hydrogens (tertiary/aromatic N) is 4. The first-order chi connectivity index (χ1) is 14.8. The Hall–Kier alpha value is -2.17. The highest BCUT2D eigenvalue weighted by atomic mass is 32.2. The van der Waals surface area contributed by atoms with Crippen molar-refractivity contribution in [2.75, 3.05) is 45.8 Å². The number of fused-ring (bicyclic) bond motifs is 1. The van der Waals surface area contributed by atoms with Crippen LogP contribution in [-0.4, -0.2) is 78.8 Å². The van der Waals surface area contributed by atoms with Gasteiger partial charge in [0.25, 0.3) is 0 Å². The normalized spacial score (nSPS) is 21.6. The summed E-state index contributed by atoms with van der Waals surface area (Å²) in [6, 6.07) is 4.46. The van der Waals surface area contributed by atoms with Crippen LogP contribution in [0.4, 0.5) is 0 Å². The number of aromatic nitrogens is 1. The molecule has 2 aromatic rings. The van der Waals surface area contributed by atoms with Crippen LogP contribution in [0.2, 0.25) is 0 Å². The Labute approximate surface area is 182 Å². The molecule has 2 fully saturated rings. The van der Waals surface area contributed by atoms with Gasteiger partial charge in [-0.1, -0.05) is 6.92 Å². The molecule has 0 N–H and O–H groups in total. The molecule has 0 unspecified atom stereocenters. The lowest BCUT2D eigenvalue weighted by atomic mass is 9.98. The van der Waals surface area contributed by atoms with E-state index < -0.39 is 15.8 Å². The second-order valence-corrected chi connectivity index (χ2v) is 10.4. The van der Waals surface area contributed by atoms with E-state index in [2.05, 4.69) is 11.8 Å². The first-order valence-electron chi connectivity index (χ1n) is 10.9. The number of piperazine rings is 1. The van der Waals surface area contributed by atoms with Crippen molar-refractivity contribution < 1.29 is 17.6 Å². The molecular weight excluding hydrogens is 420 g/mol. The molecule has 0 saturated carbocycles. The van der Waals surface area contributed by atoms with E-state index in [1.807, 2.05) is 4.90 Å². The molecule has 170 valence electrons. The molecule has 9 nitrogen and oxygen atoms in total. The van der Waals surface area contributed by atoms with E-state index >= 15 is 0 Å². The van der Waals surface area contributed by atoms with Crippen LogP contribution in [0, 0.1) is 5.92 Å². The summed E-state index contributed by atoms with van der Waals surface area (Å²) in [5.74, 6) is -0.799. The fourth-order valence-electron chi connectivity index (χ4n) is 4.55. The molecular formula is C21H30N4O5S. The highest BCUT2D eigenvalue weighted by molar-refractivity contribution is 7.89. The van der Waals surface area contributed by atoms with E-state index in [1.165, 1.54) is 21.0 Å². The third kappa shape index (κ3) is 4.28. The number of rotatable bonds is 5. The second-order valence-electron chi connectivity index (χ2n) is 8.43. The highest BCUT2D eigenvalue weighted by Gasteiger charge is 2.36. The van der Waals surface area contributed by atoms with Gasteiger partial charge in [-0.05, 0) is 37.9 Å². The fraction of sp³-hybridized carbons (Fsp3) is 0.619. The maximum Gasteiger partial charge on any atom is 0.419 e. The Morgan fingerprint density at radius 3 is 2.61 bits per heavy atom. The van der Waals surface area contributed by atoms with E-state index in [0.717, 1.165) is 26.1 Å². The smallest absolute Gasteiger partial charge is 0.408 e. The Morgan fingerprint density at radius 1 is 1.16 bits per heavy atom. The van der Waals surface area contributed by atoms with Crippen molar-refractivity contribution in [1.82, 2.24) is 18.7 Å². The zero-order valence-corrected chi connectivity index (χ0v) is 18.9. The van der Waals surface area contributed by atoms with Crippen LogP contribution in [0.3, 0.4) is 0 Å². The predicted molar refractivity (Wildman–Crippen MR) is 116 cm³/mol. The maximum atomic E-state index is 13.2. The quantitative estimate of drug-likeness (QED) is 0.677. The third-order valence-corrected chi connectivity index (χ3v) is 8.22. The van der Waals surface area contributed by atoms with Gasteiger partial charge in [-0.25, -0.2) is 13.2 Å². The number of carbonyl (C=O) groups excluding carboxylic acids is 1. The largest absolute Gasteiger partial charge is 0.419 e. The number of aryl methyl sites for hydroxylation is 1. The fourth-order valence-corrected chi connectivity index (χ4v) is 6.09. The number of carbonyl (C=O) groups is 1. The zero-order chi connectivity index (χ0) is 22.2. The van der Waals surface area contributed by atoms with E-state index in [0.29, 0.717) is 38.0 Å². The lowest BCUT2D eigenvalue weighted by Gasteiger charge is -2.38. The summed E-state index contributed by atoms with van der Waals surface area (Å²) in [5, 5.41) is 0. The van der Waals surface area contributed by atoms with Crippen LogP contribution in [-0.2, 0) is 21.9 Å². The molecule has 1 aromatic heterocycles. The van der Waals surface area contributed by atoms with Crippen molar-refractivity contribution in [2.24, 2.45) is 13.0 Å². The van der Waals surface area contributed by atoms with Crippen LogP contribution >= 0.6 is 0 Å². The summed E-state index contributed by atoms with van der Waals surface area (Å²) < 4.78 is 34.4. The molecule has 4 rings (SSSR count). The molecule has 10 heteroatoms. The van der Waals surface area contributed by atoms with Gasteiger partial charge in [0.2, 0.25) is 15.9 Å². The Morgan fingerprint density at radius 2 is 1.90 bits per heavy atom. The number of amides is 1. The molecule has 0 spiro atoms. The summed E-state index contributed by atoms with van der Waals surface area (Å²) in [7, 11) is -2.21. The van der Waals surface area contributed by atoms with Crippen molar-refractivity contribution in [2.45, 2.75) is 31.1 Å². The average Bonchev–Trinajstić information content (AvgIpc) is 3.07. The SMILES string of the molecule is CCCN1CCN(C(=O)[C@@H]2CCCN(S(=O)(=O)c3ccc4c(c3)oc(=O)n4C)C2)CC1. The standard InChI is InChI=1S/C21H30N4O5S/c1-3-8-23-10-12-24(13-11-23)20(26)16-5-4-9-25(15-16)31(28,29)17-6-7-18-19(14-17)30-21(27)22(18)2/h6-7,14,16H,3-5,8-13,15H2,1-2H3/t16-/m1/s1. The van der Waals surface area contributed by atoms with Gasteiger partial charge >= 0.3 is 5.76 Å². The first-order valence-corrected chi connectivity index (χ1v) is 12.4. The molecule has 1 aromatic carbocycles. The molecule has 31 heavy (non-hydrogen) atoms. The molecule has 0 radical (unpaired) electrons. The summed E-state index contributed by atoms with van der Waals surface area (Å²) in [5.41, 5.74) is 0.779. The number of sulfonamides is 1. The lowest BCUT2D eigenvalue weighted by Crippen LogP contribution is -2.53. The Balaban J connectivity index is 1.47. The molecule has 2 aliphatic heterocycles. The van der Waals surface area contributed by atoms with E-state index in [-0.39, 0.29) is 28.8 Å². The molecule has 2 saturated heterocycles. The molecule has 3 heterocycles. The monoisotopic (exact) mass is 450 g/mol. The minimum atomic E-state index is -3.79. The van der Waals surface area contributed by atoms with Crippen molar-refractivity contribution >= 4 is 27.0 Å². The molecule has 1 atom stereocenters. The highest BCUT2D eigenvalue weighted by Crippen LogP contribution is 2.27. The zero-order valence-electron chi connectivity index (χ0n) is 18.1. The van der Waals surface area contributed by atoms with Gasteiger partial charge in [0.05, 0.1) is 16.3 Å². The minimum Gasteiger partial charge on any atom is -0.408 e. The second kappa shape index (κ2) is 8.76. The van der Waals surface area contributed by atoms with Gasteiger partial charge in [-0.3, -0.25) is 14.3 Å². The molecule has 0 aliphatic carbocycles. The van der Waals surface area contributed by atoms with Gasteiger partial charge in [-0.2, -0.15) is 4.31 Å². The molecule has 1 amide bonds. The van der Waals surface area contributed by atoms with Gasteiger partial charge in [0.15, 0.2) is 5.58 Å². The number of piperidine rings is 1. The Kier molecular flexibility index (Phi) is 6.23. The van der Waals surface area contributed by atoms with E-state index in [4.69, 9.17) is 4.42 Å². The lowest BCUT2D eigenvalue weighted by molar-refractivity contribution is -0.138. The number of hydrogen-bond acceptors (Lipinski definition) is 6. The molecule has 2 aliphatic rings. The van der Waals surface area contributed by atoms with E-state index in [1.54, 1.807) is 13.1 Å². The number of benzene rings is 1. The van der Waals surface area contributed by atoms with Crippen molar-refractivity contribution in [1.29, 1.82) is 0 Å². The number of oxazole rings is 1. The van der Waals surface area contributed by atoms with E-state index in [9.17, 15) is 18.0 Å². The van der Waals surface area contributed by atoms with Crippen molar-refractivity contribution in [3.05, 3.63) is 28.7 Å². The number of hydrogen-bond donors (Lipinski definition) is 0. The Bertz CT molecular complexity index is 1110. The van der Waals surface area contributed by atoms with Crippen LogP contribution in [0.5, 0.6) is 0 Å². The summed E-state index contributed by atoms with van der Waals surface area (Å²) in [6.07, 6.45) is 2.45. The van der Waals surface area contributed by atoms with Crippen LogP contribution in [0.25, 0.3) is 11.1 Å². The maximum absolute atomic E-state index is 13.2. The summed E-state index contributed by atoms with van der Waals surface area (Å²) in [6.45, 7) is 6.91. The van der Waals surface area contributed by atoms with Gasteiger partial charge in [0, 0.05) is 52.4 Å². The van der Waals surface area contributed by atoms with Crippen molar-refractivity contribution in [3.8, 4) is 0 Å². The topological polar surface area (TPSA) is 96.1 Å². The third-order valence-electron chi connectivity index (χ3n) is 6.36. The van der Waals surface area contributed by atoms with Crippen LogP contribution in [0.15, 0.2) is 32.3 Å². The summed E-state index contributed by atoms with van der Waals surface area (Å²) >= 11 is 0. The minimum absolute atomic E-state index is 0.0561. The van der Waals surface area contributed by atoms with Crippen LogP contribution < -0.4 is 5.76 Å². The van der Waals surface area contributed by atoms with Gasteiger partial charge in [-0.15, -0.1) is 0 Å². The van der Waals surface area contributed by atoms with Gasteiger partial charge < -0.3 is 9.32 Å². The van der Waals surface area contributed by atoms with Gasteiger partial charge in [0.1, 0.15) is 0 Å². The first kappa shape index (κ1) is 22.0. The molecule has 0 bridgehead atoms. The average molecular weight is 451 g/mol. The van der Waals surface area contributed by atoms with Crippen molar-refractivity contribution in [3.63, 3.8) is 0 Å².